The Kier molecular flexibility index (Phi) is 19.8. The minimum atomic E-state index is -3.80. The van der Waals surface area contributed by atoms with Crippen LogP contribution in [0, 0.1) is 20.8 Å². The molecule has 0 spiro atoms. The molecule has 0 aromatic carbocycles. The average Bonchev–Trinajstić information content (AvgIpc) is 4.11. The second kappa shape index (κ2) is 24.3. The summed E-state index contributed by atoms with van der Waals surface area (Å²) in [6, 6.07) is 8.68. The number of hydrogen-bond donors (Lipinski definition) is 7. The van der Waals surface area contributed by atoms with E-state index in [9.17, 15) is 39.6 Å². The Morgan fingerprint density at radius 3 is 1.31 bits per heavy atom. The van der Waals surface area contributed by atoms with E-state index in [-0.39, 0.29) is 75.3 Å². The molecule has 6 rings (SSSR count). The average molecular weight is 1070 g/mol. The van der Waals surface area contributed by atoms with Gasteiger partial charge in [0.05, 0.1) is 51.5 Å². The molecule has 0 aliphatic carbocycles. The summed E-state index contributed by atoms with van der Waals surface area (Å²) in [6.45, 7) is 9.09. The normalized spacial score (nSPS) is 11.7. The van der Waals surface area contributed by atoms with Crippen molar-refractivity contribution in [2.45, 2.75) is 56.8 Å². The third-order valence-electron chi connectivity index (χ3n) is 8.27. The molecule has 0 unspecified atom stereocenters. The summed E-state index contributed by atoms with van der Waals surface area (Å²) >= 11 is 3.60. The molecule has 0 saturated carbocycles. The number of amides is 3. The molecular formula is C38H53N9O15S6. The molecule has 376 valence electrons. The number of likely N-dealkylation sites (N-methyl/N-ethyl adjacent to an activating group) is 1. The first-order valence-electron chi connectivity index (χ1n) is 19.6. The van der Waals surface area contributed by atoms with Crippen molar-refractivity contribution in [2.75, 3.05) is 69.6 Å². The number of furan rings is 3. The fraction of sp³-hybridized carbons (Fsp3) is 0.368. The summed E-state index contributed by atoms with van der Waals surface area (Å²) in [5.74, 6) is 0.373. The maximum atomic E-state index is 12.3. The van der Waals surface area contributed by atoms with Crippen molar-refractivity contribution in [3.05, 3.63) is 53.5 Å². The van der Waals surface area contributed by atoms with Crippen LogP contribution in [0.2, 0.25) is 0 Å². The second-order valence-electron chi connectivity index (χ2n) is 13.8. The minimum Gasteiger partial charge on any atom is -0.442 e. The number of ether oxygens (including phenoxy) is 1. The van der Waals surface area contributed by atoms with E-state index in [0.717, 1.165) is 4.31 Å². The highest BCUT2D eigenvalue weighted by Crippen LogP contribution is 2.37. The smallest absolute Gasteiger partial charge is 0.276 e. The number of methoxy groups -OCH3 is 1. The van der Waals surface area contributed by atoms with Crippen molar-refractivity contribution in [1.82, 2.24) is 28.7 Å². The Bertz CT molecular complexity index is 3030. The summed E-state index contributed by atoms with van der Waals surface area (Å²) < 4.78 is 99.0. The van der Waals surface area contributed by atoms with Gasteiger partial charge >= 0.3 is 0 Å². The first-order valence-corrected chi connectivity index (χ1v) is 26.5. The highest BCUT2D eigenvalue weighted by molar-refractivity contribution is 7.89. The largest absolute Gasteiger partial charge is 0.442 e. The molecule has 6 aromatic heterocycles. The Hall–Kier alpha value is -5.25. The molecule has 7 N–H and O–H groups in total. The molecule has 30 heteroatoms. The highest BCUT2D eigenvalue weighted by Gasteiger charge is 2.26. The van der Waals surface area contributed by atoms with Gasteiger partial charge in [-0.05, 0) is 57.2 Å². The molecule has 0 aliphatic rings. The van der Waals surface area contributed by atoms with Gasteiger partial charge in [0.25, 0.3) is 30.1 Å². The topological polar surface area (TPSA) is 345 Å². The molecule has 0 radical (unpaired) electrons. The summed E-state index contributed by atoms with van der Waals surface area (Å²) in [7, 11) is -8.47. The molecular weight excluding hydrogens is 1010 g/mol. The van der Waals surface area contributed by atoms with Gasteiger partial charge in [-0.1, -0.05) is 34.0 Å². The van der Waals surface area contributed by atoms with E-state index >= 15 is 0 Å². The van der Waals surface area contributed by atoms with E-state index in [0.29, 0.717) is 64.4 Å². The fourth-order valence-electron chi connectivity index (χ4n) is 5.26. The number of nitrogens with zero attached hydrogens (tertiary/aromatic N) is 4. The Morgan fingerprint density at radius 2 is 0.971 bits per heavy atom. The van der Waals surface area contributed by atoms with Crippen LogP contribution in [0.5, 0.6) is 0 Å². The zero-order valence-corrected chi connectivity index (χ0v) is 42.5. The van der Waals surface area contributed by atoms with Crippen LogP contribution in [0.25, 0.3) is 31.9 Å². The number of thiazole rings is 3. The lowest BCUT2D eigenvalue weighted by atomic mass is 10.3. The zero-order valence-electron chi connectivity index (χ0n) is 37.6. The van der Waals surface area contributed by atoms with E-state index in [1.807, 2.05) is 0 Å². The number of sulfonamides is 3. The van der Waals surface area contributed by atoms with Crippen LogP contribution >= 0.6 is 34.0 Å². The van der Waals surface area contributed by atoms with Crippen LogP contribution in [0.1, 0.15) is 40.7 Å². The van der Waals surface area contributed by atoms with Gasteiger partial charge in [0.1, 0.15) is 17.3 Å². The van der Waals surface area contributed by atoms with Crippen molar-refractivity contribution in [2.24, 2.45) is 0 Å². The standard InChI is InChI=1S/2C13H17N3O5S2.C12H15N3O5S2.2H2/c1-8-12(22-13(14-8)15-9(2)18)10-4-5-11(21-10)23(19,20)16(3)6-7-17;1-8-12(22-13(15-8)16-9(2)17)10-4-5-11(21-10)23(18,19)14-6-7-20-3;1-7-11(21-12(14-7)15-8(2)17)9-3-4-10(20-9)22(18,19)13-5-6-16;;/h4-5,17H,6-7H2,1-3H3,(H,14,15,18);4-5,14H,6-7H2,1-3H3,(H,15,16,17);3-4,13,16H,5-6H2,1-2H3,(H,14,15,17);2*1H. The van der Waals surface area contributed by atoms with Gasteiger partial charge in [0, 0.05) is 57.4 Å². The first kappa shape index (κ1) is 55.3. The molecule has 0 aliphatic heterocycles. The number of aliphatic hydroxyl groups is 2. The molecule has 0 atom stereocenters. The summed E-state index contributed by atoms with van der Waals surface area (Å²) in [5, 5.41) is 25.9. The molecule has 0 fully saturated rings. The minimum absolute atomic E-state index is 0. The summed E-state index contributed by atoms with van der Waals surface area (Å²) in [4.78, 5) is 47.7. The number of hydrogen-bond acceptors (Lipinski definition) is 21. The van der Waals surface area contributed by atoms with Gasteiger partial charge < -0.3 is 44.2 Å². The zero-order chi connectivity index (χ0) is 50.6. The van der Waals surface area contributed by atoms with E-state index in [4.69, 9.17) is 28.2 Å². The fourth-order valence-corrected chi connectivity index (χ4v) is 11.1. The van der Waals surface area contributed by atoms with Crippen LogP contribution < -0.4 is 25.4 Å². The number of aromatic nitrogens is 3. The van der Waals surface area contributed by atoms with Crippen LogP contribution in [-0.4, -0.2) is 126 Å². The van der Waals surface area contributed by atoms with E-state index in [1.165, 1.54) is 99.3 Å². The number of nitrogens with one attached hydrogen (secondary N) is 5. The third-order valence-corrected chi connectivity index (χ3v) is 15.9. The Labute approximate surface area is 406 Å². The lowest BCUT2D eigenvalue weighted by molar-refractivity contribution is -0.115. The van der Waals surface area contributed by atoms with Crippen molar-refractivity contribution < 1.29 is 70.7 Å². The maximum Gasteiger partial charge on any atom is 0.276 e. The molecule has 24 nitrogen and oxygen atoms in total. The van der Waals surface area contributed by atoms with Crippen LogP contribution in [0.4, 0.5) is 15.4 Å². The van der Waals surface area contributed by atoms with Gasteiger partial charge in [0.15, 0.2) is 15.4 Å². The molecule has 68 heavy (non-hydrogen) atoms. The Morgan fingerprint density at radius 1 is 0.618 bits per heavy atom. The van der Waals surface area contributed by atoms with Crippen molar-refractivity contribution in [3.8, 4) is 31.9 Å². The van der Waals surface area contributed by atoms with Crippen molar-refractivity contribution in [1.29, 1.82) is 0 Å². The monoisotopic (exact) mass is 1070 g/mol. The van der Waals surface area contributed by atoms with Gasteiger partial charge in [-0.3, -0.25) is 14.4 Å². The maximum absolute atomic E-state index is 12.3. The number of anilines is 3. The lowest BCUT2D eigenvalue weighted by Crippen LogP contribution is -2.29. The number of rotatable bonds is 19. The van der Waals surface area contributed by atoms with E-state index in [1.54, 1.807) is 26.8 Å². The molecule has 0 saturated heterocycles. The van der Waals surface area contributed by atoms with Crippen LogP contribution in [0.15, 0.2) is 64.9 Å². The third kappa shape index (κ3) is 15.1. The quantitative estimate of drug-likeness (QED) is 0.0556. The lowest BCUT2D eigenvalue weighted by Gasteiger charge is -2.13. The van der Waals surface area contributed by atoms with Gasteiger partial charge in [-0.2, -0.15) is 4.31 Å². The van der Waals surface area contributed by atoms with Crippen molar-refractivity contribution in [3.63, 3.8) is 0 Å². The molecule has 6 aromatic rings. The van der Waals surface area contributed by atoms with Gasteiger partial charge in [-0.15, -0.1) is 0 Å². The molecule has 0 bridgehead atoms. The predicted molar refractivity (Wildman–Crippen MR) is 257 cm³/mol. The molecule has 6 heterocycles. The van der Waals surface area contributed by atoms with Crippen LogP contribution in [0.3, 0.4) is 0 Å². The van der Waals surface area contributed by atoms with Gasteiger partial charge in [-0.25, -0.2) is 49.6 Å². The number of carbonyl (C=O) groups is 3. The number of carbonyl (C=O) groups excluding carboxylic acids is 3. The summed E-state index contributed by atoms with van der Waals surface area (Å²) in [5.41, 5.74) is 1.89. The summed E-state index contributed by atoms with van der Waals surface area (Å²) in [6.07, 6.45) is 0. The first-order chi connectivity index (χ1) is 31.9. The number of aliphatic hydroxyl groups excluding tert-OH is 2. The SMILES string of the molecule is CC(=O)Nc1nc(C)c(-c2ccc(S(=O)(=O)N(C)CCO)o2)s1.CC(=O)Nc1nc(C)c(-c2ccc(S(=O)(=O)NCCO)o2)s1.COCCNS(=O)(=O)c1ccc(-c2sc(NC(C)=O)nc2C)o1.[HH].[HH]. The molecule has 3 amide bonds. The van der Waals surface area contributed by atoms with Crippen molar-refractivity contribution >= 4 is 97.2 Å². The highest BCUT2D eigenvalue weighted by atomic mass is 32.2. The van der Waals surface area contributed by atoms with Crippen LogP contribution in [-0.2, 0) is 49.2 Å². The Balaban J connectivity index is 0.000000355. The predicted octanol–water partition coefficient (Wildman–Crippen LogP) is 4.31. The second-order valence-corrected chi connectivity index (χ2v) is 22.1. The number of aryl methyl sites for hydroxylation is 3. The van der Waals surface area contributed by atoms with E-state index < -0.39 is 30.1 Å². The van der Waals surface area contributed by atoms with Gasteiger partial charge in [0.2, 0.25) is 33.0 Å². The van der Waals surface area contributed by atoms with E-state index in [2.05, 4.69) is 40.3 Å².